The normalized spacial score (nSPS) is 16.5. The molecule has 3 rings (SSSR count). The van der Waals surface area contributed by atoms with Gasteiger partial charge in [0.25, 0.3) is 0 Å². The van der Waals surface area contributed by atoms with Crippen molar-refractivity contribution in [2.24, 2.45) is 0 Å². The molecule has 1 fully saturated rings. The van der Waals surface area contributed by atoms with E-state index in [-0.39, 0.29) is 11.7 Å². The molecule has 0 aliphatic carbocycles. The third-order valence-electron chi connectivity index (χ3n) is 3.10. The summed E-state index contributed by atoms with van der Waals surface area (Å²) in [5, 5.41) is 20.0. The first-order valence-corrected chi connectivity index (χ1v) is 5.91. The van der Waals surface area contributed by atoms with Crippen molar-refractivity contribution < 1.29 is 14.4 Å². The standard InChI is InChI=1S/C11H13N5O3/c1-7-2-9(19-13-7)5-15-3-8(4-15)16-6-10(11(17)18)12-14-16/h2,6,8H,3-5H2,1H3,(H,17,18). The number of carboxylic acid groups (broad SMARTS) is 1. The Morgan fingerprint density at radius 2 is 2.37 bits per heavy atom. The molecule has 8 heteroatoms. The number of aromatic carboxylic acids is 1. The molecule has 2 aromatic rings. The van der Waals surface area contributed by atoms with Gasteiger partial charge >= 0.3 is 5.97 Å². The van der Waals surface area contributed by atoms with Gasteiger partial charge in [-0.3, -0.25) is 4.90 Å². The fraction of sp³-hybridized carbons (Fsp3) is 0.455. The Morgan fingerprint density at radius 1 is 1.58 bits per heavy atom. The third kappa shape index (κ3) is 2.34. The van der Waals surface area contributed by atoms with Crippen LogP contribution in [-0.4, -0.2) is 49.2 Å². The molecule has 0 aromatic carbocycles. The van der Waals surface area contributed by atoms with E-state index in [0.29, 0.717) is 6.54 Å². The molecule has 1 saturated heterocycles. The minimum atomic E-state index is -1.06. The van der Waals surface area contributed by atoms with Crippen molar-refractivity contribution in [3.8, 4) is 0 Å². The molecule has 0 radical (unpaired) electrons. The monoisotopic (exact) mass is 263 g/mol. The van der Waals surface area contributed by atoms with Crippen LogP contribution in [0.4, 0.5) is 0 Å². The van der Waals surface area contributed by atoms with Crippen molar-refractivity contribution in [1.82, 2.24) is 25.1 Å². The summed E-state index contributed by atoms with van der Waals surface area (Å²) in [6.45, 7) is 4.18. The first kappa shape index (κ1) is 11.8. The molecule has 2 aromatic heterocycles. The summed E-state index contributed by atoms with van der Waals surface area (Å²) in [6.07, 6.45) is 1.46. The first-order chi connectivity index (χ1) is 9.11. The van der Waals surface area contributed by atoms with Crippen LogP contribution in [0.25, 0.3) is 0 Å². The molecular weight excluding hydrogens is 250 g/mol. The fourth-order valence-corrected chi connectivity index (χ4v) is 2.10. The molecule has 3 heterocycles. The molecule has 1 aliphatic heterocycles. The maximum atomic E-state index is 10.7. The zero-order valence-electron chi connectivity index (χ0n) is 10.4. The molecule has 100 valence electrons. The highest BCUT2D eigenvalue weighted by Gasteiger charge is 2.30. The van der Waals surface area contributed by atoms with E-state index in [2.05, 4.69) is 20.4 Å². The highest BCUT2D eigenvalue weighted by molar-refractivity contribution is 5.84. The Kier molecular flexibility index (Phi) is 2.79. The molecule has 0 atom stereocenters. The molecule has 1 aliphatic rings. The van der Waals surface area contributed by atoms with E-state index in [9.17, 15) is 4.79 Å². The minimum absolute atomic E-state index is 0.0238. The van der Waals surface area contributed by atoms with Gasteiger partial charge in [0.1, 0.15) is 0 Å². The average Bonchev–Trinajstić information content (AvgIpc) is 2.91. The van der Waals surface area contributed by atoms with Crippen molar-refractivity contribution >= 4 is 5.97 Å². The van der Waals surface area contributed by atoms with Crippen LogP contribution in [-0.2, 0) is 6.54 Å². The van der Waals surface area contributed by atoms with E-state index in [1.54, 1.807) is 4.68 Å². The Balaban J connectivity index is 1.55. The van der Waals surface area contributed by atoms with Crippen LogP contribution in [0, 0.1) is 6.92 Å². The minimum Gasteiger partial charge on any atom is -0.476 e. The van der Waals surface area contributed by atoms with Gasteiger partial charge < -0.3 is 9.63 Å². The predicted octanol–water partition coefficient (Wildman–Crippen LogP) is 0.330. The summed E-state index contributed by atoms with van der Waals surface area (Å²) >= 11 is 0. The molecule has 0 unspecified atom stereocenters. The molecule has 0 amide bonds. The lowest BCUT2D eigenvalue weighted by Gasteiger charge is -2.38. The number of rotatable bonds is 4. The van der Waals surface area contributed by atoms with Gasteiger partial charge in [0.2, 0.25) is 0 Å². The summed E-state index contributed by atoms with van der Waals surface area (Å²) < 4.78 is 6.75. The quantitative estimate of drug-likeness (QED) is 0.848. The highest BCUT2D eigenvalue weighted by Crippen LogP contribution is 2.22. The summed E-state index contributed by atoms with van der Waals surface area (Å²) in [4.78, 5) is 12.9. The molecule has 19 heavy (non-hydrogen) atoms. The summed E-state index contributed by atoms with van der Waals surface area (Å²) in [5.41, 5.74) is 0.846. The van der Waals surface area contributed by atoms with Crippen LogP contribution in [0.2, 0.25) is 0 Å². The Hall–Kier alpha value is -2.22. The second-order valence-electron chi connectivity index (χ2n) is 4.67. The van der Waals surface area contributed by atoms with Gasteiger partial charge in [-0.2, -0.15) is 0 Å². The van der Waals surface area contributed by atoms with Gasteiger partial charge in [0.15, 0.2) is 11.5 Å². The van der Waals surface area contributed by atoms with Crippen LogP contribution in [0.5, 0.6) is 0 Å². The number of nitrogens with zero attached hydrogens (tertiary/aromatic N) is 5. The largest absolute Gasteiger partial charge is 0.476 e. The Bertz CT molecular complexity index is 599. The molecular formula is C11H13N5O3. The summed E-state index contributed by atoms with van der Waals surface area (Å²) in [7, 11) is 0. The SMILES string of the molecule is Cc1cc(CN2CC(n3cc(C(=O)O)nn3)C2)on1. The third-order valence-corrected chi connectivity index (χ3v) is 3.10. The smallest absolute Gasteiger partial charge is 0.358 e. The second kappa shape index (κ2) is 4.47. The zero-order valence-corrected chi connectivity index (χ0v) is 10.4. The van der Waals surface area contributed by atoms with E-state index in [0.717, 1.165) is 24.5 Å². The molecule has 0 spiro atoms. The maximum absolute atomic E-state index is 10.7. The van der Waals surface area contributed by atoms with Crippen LogP contribution in [0.15, 0.2) is 16.8 Å². The Morgan fingerprint density at radius 3 is 2.95 bits per heavy atom. The van der Waals surface area contributed by atoms with Crippen LogP contribution in [0.3, 0.4) is 0 Å². The fourth-order valence-electron chi connectivity index (χ4n) is 2.10. The first-order valence-electron chi connectivity index (χ1n) is 5.91. The summed E-state index contributed by atoms with van der Waals surface area (Å²) in [5.74, 6) is -0.222. The number of aromatic nitrogens is 4. The predicted molar refractivity (Wildman–Crippen MR) is 62.5 cm³/mol. The van der Waals surface area contributed by atoms with E-state index < -0.39 is 5.97 Å². The van der Waals surface area contributed by atoms with Crippen molar-refractivity contribution in [2.75, 3.05) is 13.1 Å². The van der Waals surface area contributed by atoms with E-state index in [1.165, 1.54) is 6.20 Å². The van der Waals surface area contributed by atoms with Crippen molar-refractivity contribution in [2.45, 2.75) is 19.5 Å². The highest BCUT2D eigenvalue weighted by atomic mass is 16.5. The van der Waals surface area contributed by atoms with Crippen molar-refractivity contribution in [1.29, 1.82) is 0 Å². The molecule has 1 N–H and O–H groups in total. The topological polar surface area (TPSA) is 97.3 Å². The number of hydrogen-bond donors (Lipinski definition) is 1. The van der Waals surface area contributed by atoms with Crippen molar-refractivity contribution in [3.63, 3.8) is 0 Å². The number of carboxylic acids is 1. The molecule has 0 bridgehead atoms. The van der Waals surface area contributed by atoms with Crippen molar-refractivity contribution in [3.05, 3.63) is 29.4 Å². The lowest BCUT2D eigenvalue weighted by atomic mass is 10.1. The number of likely N-dealkylation sites (tertiary alicyclic amines) is 1. The second-order valence-corrected chi connectivity index (χ2v) is 4.67. The zero-order chi connectivity index (χ0) is 13.4. The molecule has 8 nitrogen and oxygen atoms in total. The lowest BCUT2D eigenvalue weighted by molar-refractivity contribution is 0.0689. The van der Waals surface area contributed by atoms with Gasteiger partial charge in [-0.15, -0.1) is 5.10 Å². The van der Waals surface area contributed by atoms with E-state index in [1.807, 2.05) is 13.0 Å². The summed E-state index contributed by atoms with van der Waals surface area (Å²) in [6, 6.07) is 2.08. The van der Waals surface area contributed by atoms with Gasteiger partial charge in [0.05, 0.1) is 24.5 Å². The van der Waals surface area contributed by atoms with Crippen LogP contribution >= 0.6 is 0 Å². The van der Waals surface area contributed by atoms with E-state index in [4.69, 9.17) is 9.63 Å². The molecule has 0 saturated carbocycles. The van der Waals surface area contributed by atoms with Gasteiger partial charge in [0, 0.05) is 19.2 Å². The van der Waals surface area contributed by atoms with Gasteiger partial charge in [-0.1, -0.05) is 10.4 Å². The number of hydrogen-bond acceptors (Lipinski definition) is 6. The Labute approximate surface area is 108 Å². The maximum Gasteiger partial charge on any atom is 0.358 e. The van der Waals surface area contributed by atoms with Gasteiger partial charge in [-0.05, 0) is 6.92 Å². The van der Waals surface area contributed by atoms with Gasteiger partial charge in [-0.25, -0.2) is 9.48 Å². The van der Waals surface area contributed by atoms with E-state index >= 15 is 0 Å². The van der Waals surface area contributed by atoms with Crippen LogP contribution in [0.1, 0.15) is 28.0 Å². The average molecular weight is 263 g/mol. The van der Waals surface area contributed by atoms with Crippen LogP contribution < -0.4 is 0 Å². The number of carbonyl (C=O) groups is 1. The number of aryl methyl sites for hydroxylation is 1. The lowest BCUT2D eigenvalue weighted by Crippen LogP contribution is -2.47.